The third-order valence-corrected chi connectivity index (χ3v) is 4.89. The van der Waals surface area contributed by atoms with E-state index in [1.165, 1.54) is 0 Å². The molecule has 9 heteroatoms. The number of carbonyl (C=O) groups excluding carboxylic acids is 1. The molecule has 2 aliphatic heterocycles. The molecule has 3 heterocycles. The van der Waals surface area contributed by atoms with Crippen LogP contribution in [0.4, 0.5) is 10.7 Å². The summed E-state index contributed by atoms with van der Waals surface area (Å²) < 4.78 is 17.8. The van der Waals surface area contributed by atoms with Crippen LogP contribution in [0.5, 0.6) is 5.88 Å². The first-order valence-corrected chi connectivity index (χ1v) is 10.4. The first-order chi connectivity index (χ1) is 12.8. The molecule has 0 bridgehead atoms. The van der Waals surface area contributed by atoms with Gasteiger partial charge in [-0.25, -0.2) is 9.78 Å². The van der Waals surface area contributed by atoms with E-state index in [1.54, 1.807) is 4.90 Å². The van der Waals surface area contributed by atoms with Crippen molar-refractivity contribution in [3.63, 3.8) is 0 Å². The maximum Gasteiger partial charge on any atom is 0.410 e. The Hall–Kier alpha value is -1.36. The highest BCUT2D eigenvalue weighted by atomic mass is 127. The third-order valence-electron chi connectivity index (χ3n) is 4.33. The van der Waals surface area contributed by atoms with Crippen molar-refractivity contribution in [2.75, 3.05) is 44.3 Å². The van der Waals surface area contributed by atoms with Gasteiger partial charge in [-0.05, 0) is 43.4 Å². The Kier molecular flexibility index (Phi) is 6.61. The number of morpholine rings is 1. The molecule has 2 fully saturated rings. The molecular formula is C18H27IN4O4. The predicted octanol–water partition coefficient (Wildman–Crippen LogP) is 2.70. The van der Waals surface area contributed by atoms with E-state index in [0.717, 1.165) is 29.6 Å². The van der Waals surface area contributed by atoms with E-state index in [-0.39, 0.29) is 12.2 Å². The first-order valence-electron chi connectivity index (χ1n) is 9.32. The SMILES string of the molecule is CC(C)(C)OC(=O)N1CCC(Oc2cc(I)nc(N3CCOCC3)n2)CC1. The molecule has 0 N–H and O–H groups in total. The van der Waals surface area contributed by atoms with E-state index in [9.17, 15) is 4.79 Å². The van der Waals surface area contributed by atoms with Crippen molar-refractivity contribution in [1.82, 2.24) is 14.9 Å². The van der Waals surface area contributed by atoms with Gasteiger partial charge < -0.3 is 24.0 Å². The van der Waals surface area contributed by atoms with Crippen LogP contribution in [-0.2, 0) is 9.47 Å². The Bertz CT molecular complexity index is 653. The number of likely N-dealkylation sites (tertiary alicyclic amines) is 1. The Morgan fingerprint density at radius 2 is 1.85 bits per heavy atom. The number of hydrogen-bond acceptors (Lipinski definition) is 7. The number of nitrogens with zero attached hydrogens (tertiary/aromatic N) is 4. The normalized spacial score (nSPS) is 19.1. The quantitative estimate of drug-likeness (QED) is 0.477. The molecule has 8 nitrogen and oxygen atoms in total. The van der Waals surface area contributed by atoms with E-state index in [2.05, 4.69) is 37.5 Å². The fourth-order valence-corrected chi connectivity index (χ4v) is 3.49. The Balaban J connectivity index is 1.56. The summed E-state index contributed by atoms with van der Waals surface area (Å²) in [6.07, 6.45) is 1.29. The maximum absolute atomic E-state index is 12.2. The zero-order chi connectivity index (χ0) is 19.4. The molecule has 0 aliphatic carbocycles. The number of anilines is 1. The lowest BCUT2D eigenvalue weighted by Gasteiger charge is -2.33. The zero-order valence-electron chi connectivity index (χ0n) is 16.1. The van der Waals surface area contributed by atoms with Crippen molar-refractivity contribution in [3.8, 4) is 5.88 Å². The van der Waals surface area contributed by atoms with Crippen LogP contribution >= 0.6 is 22.6 Å². The lowest BCUT2D eigenvalue weighted by Crippen LogP contribution is -2.44. The highest BCUT2D eigenvalue weighted by Crippen LogP contribution is 2.23. The van der Waals surface area contributed by atoms with E-state index in [4.69, 9.17) is 14.2 Å². The average Bonchev–Trinajstić information content (AvgIpc) is 2.61. The van der Waals surface area contributed by atoms with Crippen molar-refractivity contribution in [3.05, 3.63) is 9.77 Å². The molecule has 150 valence electrons. The molecule has 2 aliphatic rings. The molecule has 27 heavy (non-hydrogen) atoms. The van der Waals surface area contributed by atoms with Crippen molar-refractivity contribution in [2.24, 2.45) is 0 Å². The monoisotopic (exact) mass is 490 g/mol. The Morgan fingerprint density at radius 3 is 2.48 bits per heavy atom. The summed E-state index contributed by atoms with van der Waals surface area (Å²) >= 11 is 2.19. The molecule has 2 saturated heterocycles. The lowest BCUT2D eigenvalue weighted by molar-refractivity contribution is 0.0123. The van der Waals surface area contributed by atoms with Gasteiger partial charge in [-0.1, -0.05) is 0 Å². The summed E-state index contributed by atoms with van der Waals surface area (Å²) in [7, 11) is 0. The van der Waals surface area contributed by atoms with Crippen LogP contribution in [0.25, 0.3) is 0 Å². The van der Waals surface area contributed by atoms with Gasteiger partial charge in [0.1, 0.15) is 15.4 Å². The van der Waals surface area contributed by atoms with Crippen LogP contribution in [0.3, 0.4) is 0 Å². The second kappa shape index (κ2) is 8.76. The molecule has 0 spiro atoms. The Labute approximate surface area is 173 Å². The molecule has 1 aromatic rings. The van der Waals surface area contributed by atoms with E-state index in [0.29, 0.717) is 38.1 Å². The van der Waals surface area contributed by atoms with Crippen molar-refractivity contribution < 1.29 is 19.0 Å². The molecule has 0 saturated carbocycles. The summed E-state index contributed by atoms with van der Waals surface area (Å²) in [6, 6.07) is 1.85. The third kappa shape index (κ3) is 6.06. The molecule has 0 aromatic carbocycles. The summed E-state index contributed by atoms with van der Waals surface area (Å²) in [4.78, 5) is 25.1. The van der Waals surface area contributed by atoms with Gasteiger partial charge in [0.25, 0.3) is 0 Å². The van der Waals surface area contributed by atoms with Gasteiger partial charge in [-0.3, -0.25) is 0 Å². The van der Waals surface area contributed by atoms with Crippen LogP contribution < -0.4 is 9.64 Å². The van der Waals surface area contributed by atoms with E-state index < -0.39 is 5.60 Å². The molecule has 1 amide bonds. The highest BCUT2D eigenvalue weighted by Gasteiger charge is 2.28. The lowest BCUT2D eigenvalue weighted by atomic mass is 10.1. The number of aromatic nitrogens is 2. The fourth-order valence-electron chi connectivity index (χ4n) is 3.00. The van der Waals surface area contributed by atoms with Gasteiger partial charge in [0.15, 0.2) is 0 Å². The average molecular weight is 490 g/mol. The largest absolute Gasteiger partial charge is 0.474 e. The topological polar surface area (TPSA) is 77.0 Å². The van der Waals surface area contributed by atoms with Crippen LogP contribution in [-0.4, -0.2) is 72.1 Å². The van der Waals surface area contributed by atoms with Crippen molar-refractivity contribution in [1.29, 1.82) is 0 Å². The highest BCUT2D eigenvalue weighted by molar-refractivity contribution is 14.1. The Morgan fingerprint density at radius 1 is 1.19 bits per heavy atom. The molecule has 3 rings (SSSR count). The number of rotatable bonds is 3. The molecule has 1 aromatic heterocycles. The minimum atomic E-state index is -0.474. The van der Waals surface area contributed by atoms with Gasteiger partial charge in [-0.15, -0.1) is 0 Å². The summed E-state index contributed by atoms with van der Waals surface area (Å²) in [6.45, 7) is 9.83. The van der Waals surface area contributed by atoms with Gasteiger partial charge in [0.05, 0.1) is 13.2 Å². The second-order valence-electron chi connectivity index (χ2n) is 7.71. The van der Waals surface area contributed by atoms with Crippen LogP contribution in [0.15, 0.2) is 6.07 Å². The molecule has 0 unspecified atom stereocenters. The number of hydrogen-bond donors (Lipinski definition) is 0. The van der Waals surface area contributed by atoms with Gasteiger partial charge in [-0.2, -0.15) is 4.98 Å². The fraction of sp³-hybridized carbons (Fsp3) is 0.722. The number of ether oxygens (including phenoxy) is 3. The van der Waals surface area contributed by atoms with Crippen molar-refractivity contribution >= 4 is 34.6 Å². The van der Waals surface area contributed by atoms with Crippen LogP contribution in [0, 0.1) is 3.70 Å². The van der Waals surface area contributed by atoms with Gasteiger partial charge in [0, 0.05) is 45.1 Å². The molecular weight excluding hydrogens is 463 g/mol. The standard InChI is InChI=1S/C18H27IN4O4/c1-18(2,3)27-17(24)23-6-4-13(5-7-23)26-15-12-14(19)20-16(21-15)22-8-10-25-11-9-22/h12-13H,4-11H2,1-3H3. The summed E-state index contributed by atoms with van der Waals surface area (Å²) in [5, 5.41) is 0. The zero-order valence-corrected chi connectivity index (χ0v) is 18.3. The van der Waals surface area contributed by atoms with E-state index in [1.807, 2.05) is 26.8 Å². The van der Waals surface area contributed by atoms with Crippen LogP contribution in [0.1, 0.15) is 33.6 Å². The number of amides is 1. The molecule has 0 radical (unpaired) electrons. The van der Waals surface area contributed by atoms with Crippen molar-refractivity contribution in [2.45, 2.75) is 45.3 Å². The van der Waals surface area contributed by atoms with Crippen LogP contribution in [0.2, 0.25) is 0 Å². The minimum absolute atomic E-state index is 0.0342. The number of piperidine rings is 1. The summed E-state index contributed by atoms with van der Waals surface area (Å²) in [5.41, 5.74) is -0.474. The predicted molar refractivity (Wildman–Crippen MR) is 109 cm³/mol. The van der Waals surface area contributed by atoms with E-state index >= 15 is 0 Å². The smallest absolute Gasteiger partial charge is 0.410 e. The second-order valence-corrected chi connectivity index (χ2v) is 8.82. The van der Waals surface area contributed by atoms with Gasteiger partial charge >= 0.3 is 6.09 Å². The summed E-state index contributed by atoms with van der Waals surface area (Å²) in [5.74, 6) is 1.28. The maximum atomic E-state index is 12.2. The number of halogens is 1. The minimum Gasteiger partial charge on any atom is -0.474 e. The van der Waals surface area contributed by atoms with Gasteiger partial charge in [0.2, 0.25) is 11.8 Å². The molecule has 0 atom stereocenters. The first kappa shape index (κ1) is 20.4. The number of carbonyl (C=O) groups is 1.